The predicted octanol–water partition coefficient (Wildman–Crippen LogP) is 1.13. The van der Waals surface area contributed by atoms with E-state index in [1.807, 2.05) is 13.0 Å². The molecule has 2 atom stereocenters. The van der Waals surface area contributed by atoms with Crippen LogP contribution in [0.5, 0.6) is 0 Å². The van der Waals surface area contributed by atoms with E-state index in [9.17, 15) is 25.5 Å². The van der Waals surface area contributed by atoms with Crippen molar-refractivity contribution < 1.29 is 9.85 Å². The molecular weight excluding hydrogens is 328 g/mol. The normalized spacial score (nSPS) is 22.3. The second kappa shape index (κ2) is 5.79. The maximum atomic E-state index is 11.7. The number of nitrogens with one attached hydrogen (secondary N) is 1. The van der Waals surface area contributed by atoms with Crippen LogP contribution >= 0.6 is 0 Å². The second-order valence-electron chi connectivity index (χ2n) is 5.84. The first-order valence-electron chi connectivity index (χ1n) is 7.41. The molecule has 0 aromatic heterocycles. The Kier molecular flexibility index (Phi) is 3.76. The largest absolute Gasteiger partial charge is 0.384 e. The van der Waals surface area contributed by atoms with Gasteiger partial charge in [-0.15, -0.1) is 0 Å². The van der Waals surface area contributed by atoms with Crippen LogP contribution in [0.2, 0.25) is 0 Å². The van der Waals surface area contributed by atoms with Crippen molar-refractivity contribution in [1.82, 2.24) is 10.2 Å². The van der Waals surface area contributed by atoms with Gasteiger partial charge in [0.2, 0.25) is 0 Å². The Morgan fingerprint density at radius 3 is 2.44 bits per heavy atom. The molecule has 0 saturated carbocycles. The molecule has 1 aromatic rings. The molecule has 2 aliphatic heterocycles. The molecule has 0 aliphatic carbocycles. The Morgan fingerprint density at radius 1 is 1.28 bits per heavy atom. The van der Waals surface area contributed by atoms with Gasteiger partial charge in [-0.05, 0) is 12.5 Å². The number of rotatable bonds is 3. The third kappa shape index (κ3) is 2.51. The first-order valence-corrected chi connectivity index (χ1v) is 7.41. The van der Waals surface area contributed by atoms with Crippen LogP contribution in [-0.4, -0.2) is 27.3 Å². The van der Waals surface area contributed by atoms with Gasteiger partial charge in [0, 0.05) is 24.7 Å². The van der Waals surface area contributed by atoms with E-state index >= 15 is 0 Å². The lowest BCUT2D eigenvalue weighted by Crippen LogP contribution is -2.36. The van der Waals surface area contributed by atoms with E-state index in [1.165, 1.54) is 29.2 Å². The smallest absolute Gasteiger partial charge is 0.299 e. The lowest BCUT2D eigenvalue weighted by Gasteiger charge is -2.29. The van der Waals surface area contributed by atoms with Gasteiger partial charge in [0.1, 0.15) is 11.7 Å². The van der Waals surface area contributed by atoms with Crippen LogP contribution in [0, 0.1) is 31.6 Å². The van der Waals surface area contributed by atoms with Crippen LogP contribution < -0.4 is 11.1 Å². The summed E-state index contributed by atoms with van der Waals surface area (Å²) in [6.07, 6.45) is 0. The fourth-order valence-electron chi connectivity index (χ4n) is 3.15. The Balaban J connectivity index is 2.19. The molecule has 0 bridgehead atoms. The van der Waals surface area contributed by atoms with Crippen molar-refractivity contribution in [2.24, 2.45) is 5.73 Å². The second-order valence-corrected chi connectivity index (χ2v) is 5.84. The number of hydrogen-bond donors (Lipinski definition) is 2. The highest BCUT2D eigenvalue weighted by molar-refractivity contribution is 5.51. The third-order valence-corrected chi connectivity index (χ3v) is 4.24. The van der Waals surface area contributed by atoms with Gasteiger partial charge in [0.05, 0.1) is 21.5 Å². The summed E-state index contributed by atoms with van der Waals surface area (Å²) < 4.78 is 0. The highest BCUT2D eigenvalue weighted by Gasteiger charge is 2.45. The first-order chi connectivity index (χ1) is 11.8. The molecule has 2 heterocycles. The van der Waals surface area contributed by atoms with Gasteiger partial charge in [-0.25, -0.2) is 0 Å². The standard InChI is InChI=1S/C15H14N6O4/c1-8-7-19-14(17)11(6-16)12(13(21(24)25)15(19)18-8)9-2-4-10(5-3-9)20(22)23/h2-5,8,12,18H,7,17H2,1H3. The van der Waals surface area contributed by atoms with Crippen LogP contribution in [0.25, 0.3) is 0 Å². The molecule has 0 spiro atoms. The number of nitro groups is 2. The fraction of sp³-hybridized carbons (Fsp3) is 0.267. The SMILES string of the molecule is CC1CN2C(N)=C(C#N)C(c3ccc([N+](=O)[O-])cc3)C([N+](=O)[O-])=C2N1. The van der Waals surface area contributed by atoms with Crippen molar-refractivity contribution in [3.63, 3.8) is 0 Å². The van der Waals surface area contributed by atoms with E-state index in [2.05, 4.69) is 5.32 Å². The molecule has 3 N–H and O–H groups in total. The van der Waals surface area contributed by atoms with E-state index in [0.29, 0.717) is 12.1 Å². The molecule has 25 heavy (non-hydrogen) atoms. The number of non-ortho nitro benzene ring substituents is 1. The Labute approximate surface area is 142 Å². The average Bonchev–Trinajstić information content (AvgIpc) is 2.96. The van der Waals surface area contributed by atoms with Crippen molar-refractivity contribution in [1.29, 1.82) is 5.26 Å². The van der Waals surface area contributed by atoms with Gasteiger partial charge < -0.3 is 16.0 Å². The number of hydrogen-bond acceptors (Lipinski definition) is 8. The molecule has 0 radical (unpaired) electrons. The maximum Gasteiger partial charge on any atom is 0.299 e. The van der Waals surface area contributed by atoms with E-state index < -0.39 is 15.8 Å². The van der Waals surface area contributed by atoms with E-state index in [1.54, 1.807) is 0 Å². The van der Waals surface area contributed by atoms with Gasteiger partial charge in [-0.2, -0.15) is 5.26 Å². The summed E-state index contributed by atoms with van der Waals surface area (Å²) in [6, 6.07) is 7.21. The zero-order valence-corrected chi connectivity index (χ0v) is 13.2. The molecular formula is C15H14N6O4. The van der Waals surface area contributed by atoms with Crippen molar-refractivity contribution in [2.75, 3.05) is 6.54 Å². The summed E-state index contributed by atoms with van der Waals surface area (Å²) in [7, 11) is 0. The number of allylic oxidation sites excluding steroid dienone is 1. The van der Waals surface area contributed by atoms with Crippen molar-refractivity contribution >= 4 is 5.69 Å². The summed E-state index contributed by atoms with van der Waals surface area (Å²) >= 11 is 0. The molecule has 1 saturated heterocycles. The molecule has 10 nitrogen and oxygen atoms in total. The summed E-state index contributed by atoms with van der Waals surface area (Å²) in [6.45, 7) is 2.26. The van der Waals surface area contributed by atoms with Crippen molar-refractivity contribution in [3.05, 3.63) is 73.0 Å². The zero-order chi connectivity index (χ0) is 18.3. The molecule has 10 heteroatoms. The summed E-state index contributed by atoms with van der Waals surface area (Å²) in [4.78, 5) is 23.0. The van der Waals surface area contributed by atoms with Crippen LogP contribution in [0.15, 0.2) is 47.2 Å². The molecule has 3 rings (SSSR count). The number of nitro benzene ring substituents is 1. The molecule has 2 aliphatic rings. The number of benzene rings is 1. The van der Waals surface area contributed by atoms with Gasteiger partial charge in [-0.1, -0.05) is 12.1 Å². The minimum absolute atomic E-state index is 0.0557. The van der Waals surface area contributed by atoms with E-state index in [-0.39, 0.29) is 34.6 Å². The van der Waals surface area contributed by atoms with E-state index in [0.717, 1.165) is 0 Å². The quantitative estimate of drug-likeness (QED) is 0.612. The van der Waals surface area contributed by atoms with Crippen molar-refractivity contribution in [2.45, 2.75) is 18.9 Å². The number of nitriles is 1. The van der Waals surface area contributed by atoms with Gasteiger partial charge >= 0.3 is 0 Å². The summed E-state index contributed by atoms with van der Waals surface area (Å²) in [5.74, 6) is -0.578. The number of nitrogens with two attached hydrogens (primary N) is 1. The highest BCUT2D eigenvalue weighted by Crippen LogP contribution is 2.41. The lowest BCUT2D eigenvalue weighted by atomic mass is 9.86. The van der Waals surface area contributed by atoms with Gasteiger partial charge in [0.25, 0.3) is 11.4 Å². The van der Waals surface area contributed by atoms with Gasteiger partial charge in [0.15, 0.2) is 5.82 Å². The average molecular weight is 342 g/mol. The highest BCUT2D eigenvalue weighted by atomic mass is 16.6. The topological polar surface area (TPSA) is 151 Å². The van der Waals surface area contributed by atoms with Crippen LogP contribution in [-0.2, 0) is 0 Å². The van der Waals surface area contributed by atoms with Crippen LogP contribution in [0.4, 0.5) is 5.69 Å². The van der Waals surface area contributed by atoms with Crippen LogP contribution in [0.1, 0.15) is 18.4 Å². The Hall–Kier alpha value is -3.61. The minimum Gasteiger partial charge on any atom is -0.384 e. The first kappa shape index (κ1) is 16.3. The summed E-state index contributed by atoms with van der Waals surface area (Å²) in [5, 5.41) is 35.1. The Bertz CT molecular complexity index is 867. The summed E-state index contributed by atoms with van der Waals surface area (Å²) in [5.41, 5.74) is 6.20. The Morgan fingerprint density at radius 2 is 1.92 bits per heavy atom. The molecule has 128 valence electrons. The predicted molar refractivity (Wildman–Crippen MR) is 86.0 cm³/mol. The zero-order valence-electron chi connectivity index (χ0n) is 13.2. The van der Waals surface area contributed by atoms with Crippen LogP contribution in [0.3, 0.4) is 0 Å². The maximum absolute atomic E-state index is 11.7. The molecule has 1 aromatic carbocycles. The fourth-order valence-corrected chi connectivity index (χ4v) is 3.15. The third-order valence-electron chi connectivity index (χ3n) is 4.24. The van der Waals surface area contributed by atoms with Gasteiger partial charge in [-0.3, -0.25) is 20.2 Å². The monoisotopic (exact) mass is 342 g/mol. The molecule has 1 fully saturated rings. The van der Waals surface area contributed by atoms with Crippen molar-refractivity contribution in [3.8, 4) is 6.07 Å². The van der Waals surface area contributed by atoms with E-state index in [4.69, 9.17) is 5.73 Å². The number of nitrogens with zero attached hydrogens (tertiary/aromatic N) is 4. The minimum atomic E-state index is -0.996. The molecule has 2 unspecified atom stereocenters. The lowest BCUT2D eigenvalue weighted by molar-refractivity contribution is -0.432. The number of fused-ring (bicyclic) bond motifs is 1. The molecule has 0 amide bonds.